The van der Waals surface area contributed by atoms with E-state index < -0.39 is 5.91 Å². The Balaban J connectivity index is 2.05. The van der Waals surface area contributed by atoms with Crippen LogP contribution in [0.1, 0.15) is 37.0 Å². The molecule has 1 aliphatic heterocycles. The summed E-state index contributed by atoms with van der Waals surface area (Å²) < 4.78 is 0. The number of rotatable bonds is 5. The maximum Gasteiger partial charge on any atom is 0.248 e. The number of halogens is 1. The third kappa shape index (κ3) is 4.35. The van der Waals surface area contributed by atoms with Crippen LogP contribution in [-0.4, -0.2) is 31.6 Å². The quantitative estimate of drug-likeness (QED) is 0.879. The fourth-order valence-corrected chi connectivity index (χ4v) is 3.07. The van der Waals surface area contributed by atoms with Gasteiger partial charge >= 0.3 is 0 Å². The van der Waals surface area contributed by atoms with Gasteiger partial charge in [0.05, 0.1) is 10.7 Å². The molecule has 5 heteroatoms. The number of nitrogens with two attached hydrogens (primary N) is 1. The van der Waals surface area contributed by atoms with E-state index in [0.29, 0.717) is 22.5 Å². The molecular weight excluding hydrogens is 286 g/mol. The lowest BCUT2D eigenvalue weighted by molar-refractivity contribution is 0.100. The van der Waals surface area contributed by atoms with Crippen molar-refractivity contribution in [3.8, 4) is 0 Å². The van der Waals surface area contributed by atoms with Gasteiger partial charge < -0.3 is 16.0 Å². The number of carbonyl (C=O) groups is 1. The summed E-state index contributed by atoms with van der Waals surface area (Å²) in [5.41, 5.74) is 6.74. The Bertz CT molecular complexity index is 504. The Morgan fingerprint density at radius 2 is 2.29 bits per heavy atom. The van der Waals surface area contributed by atoms with E-state index in [0.717, 1.165) is 25.3 Å². The number of benzene rings is 1. The van der Waals surface area contributed by atoms with Gasteiger partial charge in [-0.1, -0.05) is 25.4 Å². The lowest BCUT2D eigenvalue weighted by atomic mass is 9.97. The molecule has 2 rings (SSSR count). The molecule has 1 atom stereocenters. The molecule has 1 heterocycles. The Morgan fingerprint density at radius 3 is 2.90 bits per heavy atom. The zero-order valence-corrected chi connectivity index (χ0v) is 13.5. The molecule has 21 heavy (non-hydrogen) atoms. The first-order valence-electron chi connectivity index (χ1n) is 7.55. The van der Waals surface area contributed by atoms with Gasteiger partial charge in [0.1, 0.15) is 0 Å². The molecule has 1 saturated heterocycles. The summed E-state index contributed by atoms with van der Waals surface area (Å²) in [4.78, 5) is 13.5. The van der Waals surface area contributed by atoms with Crippen LogP contribution in [0.2, 0.25) is 5.02 Å². The number of hydrogen-bond acceptors (Lipinski definition) is 3. The zero-order chi connectivity index (χ0) is 15.4. The Kier molecular flexibility index (Phi) is 5.48. The molecule has 1 aliphatic rings. The van der Waals surface area contributed by atoms with Gasteiger partial charge in [-0.15, -0.1) is 0 Å². The average molecular weight is 310 g/mol. The number of anilines is 1. The van der Waals surface area contributed by atoms with Crippen molar-refractivity contribution >= 4 is 23.2 Å². The van der Waals surface area contributed by atoms with Crippen LogP contribution in [0.15, 0.2) is 18.2 Å². The lowest BCUT2D eigenvalue weighted by Gasteiger charge is -2.35. The van der Waals surface area contributed by atoms with E-state index in [9.17, 15) is 4.79 Å². The Hall–Kier alpha value is -1.26. The topological polar surface area (TPSA) is 58.4 Å². The van der Waals surface area contributed by atoms with Gasteiger partial charge in [-0.2, -0.15) is 0 Å². The molecule has 1 aromatic rings. The molecule has 116 valence electrons. The van der Waals surface area contributed by atoms with Crippen molar-refractivity contribution < 1.29 is 4.79 Å². The molecular formula is C16H24ClN3O. The summed E-state index contributed by atoms with van der Waals surface area (Å²) in [7, 11) is 0. The van der Waals surface area contributed by atoms with Crippen molar-refractivity contribution in [1.29, 1.82) is 0 Å². The molecule has 0 aliphatic carbocycles. The van der Waals surface area contributed by atoms with Crippen molar-refractivity contribution in [3.63, 3.8) is 0 Å². The molecule has 0 saturated carbocycles. The monoisotopic (exact) mass is 309 g/mol. The average Bonchev–Trinajstić information content (AvgIpc) is 2.45. The molecule has 0 bridgehead atoms. The second-order valence-electron chi connectivity index (χ2n) is 6.05. The Morgan fingerprint density at radius 1 is 1.52 bits per heavy atom. The molecule has 3 N–H and O–H groups in total. The van der Waals surface area contributed by atoms with E-state index >= 15 is 0 Å². The first-order valence-corrected chi connectivity index (χ1v) is 7.93. The van der Waals surface area contributed by atoms with Crippen molar-refractivity contribution in [2.24, 2.45) is 11.7 Å². The van der Waals surface area contributed by atoms with Gasteiger partial charge in [0, 0.05) is 24.7 Å². The highest BCUT2D eigenvalue weighted by Crippen LogP contribution is 2.30. The van der Waals surface area contributed by atoms with Crippen LogP contribution in [0.5, 0.6) is 0 Å². The number of piperidine rings is 1. The minimum Gasteiger partial charge on any atom is -0.370 e. The lowest BCUT2D eigenvalue weighted by Crippen LogP contribution is -2.41. The number of nitrogens with zero attached hydrogens (tertiary/aromatic N) is 1. The van der Waals surface area contributed by atoms with Gasteiger partial charge in [0.15, 0.2) is 0 Å². The number of carbonyl (C=O) groups excluding carboxylic acids is 1. The summed E-state index contributed by atoms with van der Waals surface area (Å²) in [6.07, 6.45) is 2.41. The molecule has 1 unspecified atom stereocenters. The van der Waals surface area contributed by atoms with Crippen LogP contribution in [0, 0.1) is 5.92 Å². The third-order valence-corrected chi connectivity index (χ3v) is 4.21. The normalized spacial score (nSPS) is 19.0. The van der Waals surface area contributed by atoms with E-state index in [1.165, 1.54) is 12.8 Å². The minimum absolute atomic E-state index is 0.443. The SMILES string of the molecule is CC(C)NCC1CCCN(c2ccc(C(N)=O)cc2Cl)C1. The van der Waals surface area contributed by atoms with Gasteiger partial charge in [0.2, 0.25) is 5.91 Å². The smallest absolute Gasteiger partial charge is 0.248 e. The third-order valence-electron chi connectivity index (χ3n) is 3.91. The molecule has 1 fully saturated rings. The second-order valence-corrected chi connectivity index (χ2v) is 6.45. The summed E-state index contributed by atoms with van der Waals surface area (Å²) >= 11 is 6.32. The van der Waals surface area contributed by atoms with E-state index in [-0.39, 0.29) is 0 Å². The van der Waals surface area contributed by atoms with Crippen LogP contribution in [0.3, 0.4) is 0 Å². The maximum absolute atomic E-state index is 11.2. The molecule has 0 aromatic heterocycles. The molecule has 4 nitrogen and oxygen atoms in total. The Labute approximate surface area is 131 Å². The van der Waals surface area contributed by atoms with Crippen LogP contribution < -0.4 is 16.0 Å². The van der Waals surface area contributed by atoms with Gasteiger partial charge in [-0.05, 0) is 43.5 Å². The number of hydrogen-bond donors (Lipinski definition) is 2. The summed E-state index contributed by atoms with van der Waals surface area (Å²) in [5.74, 6) is 0.189. The van der Waals surface area contributed by atoms with E-state index in [1.807, 2.05) is 6.07 Å². The van der Waals surface area contributed by atoms with Crippen molar-refractivity contribution in [1.82, 2.24) is 5.32 Å². The van der Waals surface area contributed by atoms with Crippen molar-refractivity contribution in [2.75, 3.05) is 24.5 Å². The van der Waals surface area contributed by atoms with Crippen LogP contribution >= 0.6 is 11.6 Å². The minimum atomic E-state index is -0.443. The first kappa shape index (κ1) is 16.1. The van der Waals surface area contributed by atoms with Crippen LogP contribution in [0.25, 0.3) is 0 Å². The highest BCUT2D eigenvalue weighted by Gasteiger charge is 2.22. The highest BCUT2D eigenvalue weighted by molar-refractivity contribution is 6.33. The molecule has 0 spiro atoms. The maximum atomic E-state index is 11.2. The van der Waals surface area contributed by atoms with Crippen molar-refractivity contribution in [3.05, 3.63) is 28.8 Å². The standard InChI is InChI=1S/C16H24ClN3O/c1-11(2)19-9-12-4-3-7-20(10-12)15-6-5-13(16(18)21)8-14(15)17/h5-6,8,11-12,19H,3-4,7,9-10H2,1-2H3,(H2,18,21). The molecule has 1 aromatic carbocycles. The summed E-state index contributed by atoms with van der Waals surface area (Å²) in [5, 5.41) is 4.11. The fourth-order valence-electron chi connectivity index (χ4n) is 2.77. The van der Waals surface area contributed by atoms with E-state index in [1.54, 1.807) is 12.1 Å². The predicted molar refractivity (Wildman–Crippen MR) is 88.0 cm³/mol. The summed E-state index contributed by atoms with van der Waals surface area (Å²) in [6, 6.07) is 5.83. The van der Waals surface area contributed by atoms with E-state index in [2.05, 4.69) is 24.1 Å². The van der Waals surface area contributed by atoms with Crippen LogP contribution in [0.4, 0.5) is 5.69 Å². The zero-order valence-electron chi connectivity index (χ0n) is 12.7. The largest absolute Gasteiger partial charge is 0.370 e. The summed E-state index contributed by atoms with van der Waals surface area (Å²) in [6.45, 7) is 7.37. The number of amides is 1. The van der Waals surface area contributed by atoms with Gasteiger partial charge in [0.25, 0.3) is 0 Å². The number of primary amides is 1. The molecule has 0 radical (unpaired) electrons. The first-order chi connectivity index (χ1) is 9.97. The second kappa shape index (κ2) is 7.14. The predicted octanol–water partition coefficient (Wildman–Crippen LogP) is 2.65. The highest BCUT2D eigenvalue weighted by atomic mass is 35.5. The fraction of sp³-hybridized carbons (Fsp3) is 0.562. The van der Waals surface area contributed by atoms with Crippen LogP contribution in [-0.2, 0) is 0 Å². The van der Waals surface area contributed by atoms with E-state index in [4.69, 9.17) is 17.3 Å². The van der Waals surface area contributed by atoms with Crippen molar-refractivity contribution in [2.45, 2.75) is 32.7 Å². The number of nitrogens with one attached hydrogen (secondary N) is 1. The van der Waals surface area contributed by atoms with Gasteiger partial charge in [-0.25, -0.2) is 0 Å². The molecule has 1 amide bonds. The van der Waals surface area contributed by atoms with Gasteiger partial charge in [-0.3, -0.25) is 4.79 Å².